The smallest absolute Gasteiger partial charge is 0.125 e. The molecule has 0 saturated heterocycles. The Bertz CT molecular complexity index is 617. The molecule has 0 atom stereocenters. The fraction of sp³-hybridized carbons (Fsp3) is 0.529. The SMILES string of the molecule is NCc1nnn(-c2cccc(F)c2)c1CCC1CCCCC1. The van der Waals surface area contributed by atoms with Gasteiger partial charge in [0.2, 0.25) is 0 Å². The summed E-state index contributed by atoms with van der Waals surface area (Å²) in [5, 5.41) is 8.35. The number of nitrogens with two attached hydrogens (primary N) is 1. The minimum absolute atomic E-state index is 0.263. The van der Waals surface area contributed by atoms with Crippen LogP contribution in [0.15, 0.2) is 24.3 Å². The van der Waals surface area contributed by atoms with Gasteiger partial charge in [0.25, 0.3) is 0 Å². The summed E-state index contributed by atoms with van der Waals surface area (Å²) >= 11 is 0. The van der Waals surface area contributed by atoms with Gasteiger partial charge < -0.3 is 5.73 Å². The molecule has 1 aromatic carbocycles. The molecule has 1 aromatic heterocycles. The van der Waals surface area contributed by atoms with Gasteiger partial charge in [0.05, 0.1) is 17.1 Å². The molecule has 2 N–H and O–H groups in total. The lowest BCUT2D eigenvalue weighted by Crippen LogP contribution is -2.11. The van der Waals surface area contributed by atoms with Crippen LogP contribution < -0.4 is 5.73 Å². The summed E-state index contributed by atoms with van der Waals surface area (Å²) in [7, 11) is 0. The Morgan fingerprint density at radius 1 is 1.23 bits per heavy atom. The van der Waals surface area contributed by atoms with Gasteiger partial charge in [-0.1, -0.05) is 43.4 Å². The third kappa shape index (κ3) is 3.35. The molecule has 0 bridgehead atoms. The molecule has 0 spiro atoms. The predicted molar refractivity (Wildman–Crippen MR) is 84.1 cm³/mol. The molecule has 5 heteroatoms. The molecule has 0 amide bonds. The number of hydrogen-bond acceptors (Lipinski definition) is 3. The Balaban J connectivity index is 1.80. The predicted octanol–water partition coefficient (Wildman–Crippen LogP) is 3.38. The van der Waals surface area contributed by atoms with E-state index in [4.69, 9.17) is 5.73 Å². The van der Waals surface area contributed by atoms with E-state index in [1.807, 2.05) is 6.07 Å². The van der Waals surface area contributed by atoms with Gasteiger partial charge in [-0.05, 0) is 37.0 Å². The lowest BCUT2D eigenvalue weighted by atomic mass is 9.85. The zero-order valence-corrected chi connectivity index (χ0v) is 12.8. The number of rotatable bonds is 5. The summed E-state index contributed by atoms with van der Waals surface area (Å²) in [6.45, 7) is 0.370. The average Bonchev–Trinajstić information content (AvgIpc) is 2.97. The van der Waals surface area contributed by atoms with Crippen molar-refractivity contribution in [1.82, 2.24) is 15.0 Å². The van der Waals surface area contributed by atoms with E-state index in [1.165, 1.54) is 44.2 Å². The summed E-state index contributed by atoms with van der Waals surface area (Å²) in [5.74, 6) is 0.524. The highest BCUT2D eigenvalue weighted by Gasteiger charge is 2.18. The lowest BCUT2D eigenvalue weighted by Gasteiger charge is -2.21. The van der Waals surface area contributed by atoms with E-state index in [0.29, 0.717) is 12.2 Å². The van der Waals surface area contributed by atoms with E-state index in [2.05, 4.69) is 10.3 Å². The largest absolute Gasteiger partial charge is 0.325 e. The van der Waals surface area contributed by atoms with Gasteiger partial charge in [-0.25, -0.2) is 9.07 Å². The first-order chi connectivity index (χ1) is 10.8. The first-order valence-electron chi connectivity index (χ1n) is 8.17. The van der Waals surface area contributed by atoms with Crippen molar-refractivity contribution in [3.8, 4) is 5.69 Å². The van der Waals surface area contributed by atoms with Crippen LogP contribution in [0.2, 0.25) is 0 Å². The quantitative estimate of drug-likeness (QED) is 0.921. The van der Waals surface area contributed by atoms with Crippen molar-refractivity contribution in [1.29, 1.82) is 0 Å². The van der Waals surface area contributed by atoms with E-state index in [0.717, 1.165) is 30.1 Å². The zero-order chi connectivity index (χ0) is 15.4. The van der Waals surface area contributed by atoms with Crippen LogP contribution in [0.5, 0.6) is 0 Å². The van der Waals surface area contributed by atoms with Crippen molar-refractivity contribution in [3.63, 3.8) is 0 Å². The standard InChI is InChI=1S/C17H23FN4/c18-14-7-4-8-15(11-14)22-17(16(12-19)20-21-22)10-9-13-5-2-1-3-6-13/h4,7-8,11,13H,1-3,5-6,9-10,12,19H2. The van der Waals surface area contributed by atoms with Crippen LogP contribution in [0.25, 0.3) is 5.69 Å². The van der Waals surface area contributed by atoms with E-state index in [-0.39, 0.29) is 5.82 Å². The van der Waals surface area contributed by atoms with Gasteiger partial charge in [-0.2, -0.15) is 0 Å². The van der Waals surface area contributed by atoms with Crippen molar-refractivity contribution in [2.45, 2.75) is 51.5 Å². The zero-order valence-electron chi connectivity index (χ0n) is 12.8. The topological polar surface area (TPSA) is 56.7 Å². The second-order valence-corrected chi connectivity index (χ2v) is 6.12. The van der Waals surface area contributed by atoms with Crippen molar-refractivity contribution in [2.75, 3.05) is 0 Å². The summed E-state index contributed by atoms with van der Waals surface area (Å²) in [6.07, 6.45) is 8.73. The molecule has 3 rings (SSSR count). The maximum atomic E-state index is 13.5. The van der Waals surface area contributed by atoms with Crippen LogP contribution in [-0.4, -0.2) is 15.0 Å². The Hall–Kier alpha value is -1.75. The highest BCUT2D eigenvalue weighted by Crippen LogP contribution is 2.28. The monoisotopic (exact) mass is 302 g/mol. The van der Waals surface area contributed by atoms with E-state index in [1.54, 1.807) is 10.7 Å². The molecule has 0 radical (unpaired) electrons. The minimum atomic E-state index is -0.263. The molecule has 0 unspecified atom stereocenters. The summed E-state index contributed by atoms with van der Waals surface area (Å²) in [5.41, 5.74) is 8.35. The fourth-order valence-corrected chi connectivity index (χ4v) is 3.37. The molecule has 1 saturated carbocycles. The maximum Gasteiger partial charge on any atom is 0.125 e. The number of halogens is 1. The third-order valence-electron chi connectivity index (χ3n) is 4.60. The van der Waals surface area contributed by atoms with E-state index < -0.39 is 0 Å². The van der Waals surface area contributed by atoms with E-state index >= 15 is 0 Å². The Morgan fingerprint density at radius 3 is 2.77 bits per heavy atom. The molecule has 22 heavy (non-hydrogen) atoms. The Morgan fingerprint density at radius 2 is 2.05 bits per heavy atom. The van der Waals surface area contributed by atoms with Crippen molar-refractivity contribution >= 4 is 0 Å². The third-order valence-corrected chi connectivity index (χ3v) is 4.60. The number of benzene rings is 1. The van der Waals surface area contributed by atoms with Gasteiger partial charge in [0, 0.05) is 6.54 Å². The molecule has 1 fully saturated rings. The summed E-state index contributed by atoms with van der Waals surface area (Å²) in [6, 6.07) is 6.46. The van der Waals surface area contributed by atoms with Crippen molar-refractivity contribution < 1.29 is 4.39 Å². The first-order valence-corrected chi connectivity index (χ1v) is 8.17. The van der Waals surface area contributed by atoms with Crippen molar-refractivity contribution in [2.24, 2.45) is 11.7 Å². The van der Waals surface area contributed by atoms with Gasteiger partial charge in [0.15, 0.2) is 0 Å². The number of hydrogen-bond donors (Lipinski definition) is 1. The van der Waals surface area contributed by atoms with Gasteiger partial charge in [-0.15, -0.1) is 5.10 Å². The van der Waals surface area contributed by atoms with Crippen LogP contribution in [-0.2, 0) is 13.0 Å². The molecule has 118 valence electrons. The molecule has 0 aliphatic heterocycles. The second kappa shape index (κ2) is 7.01. The van der Waals surface area contributed by atoms with Crippen LogP contribution in [0.4, 0.5) is 4.39 Å². The highest BCUT2D eigenvalue weighted by atomic mass is 19.1. The van der Waals surface area contributed by atoms with Crippen LogP contribution >= 0.6 is 0 Å². The van der Waals surface area contributed by atoms with Gasteiger partial charge >= 0.3 is 0 Å². The Labute approximate surface area is 130 Å². The molecule has 1 aliphatic carbocycles. The number of aromatic nitrogens is 3. The molecular weight excluding hydrogens is 279 g/mol. The van der Waals surface area contributed by atoms with Gasteiger partial charge in [-0.3, -0.25) is 0 Å². The summed E-state index contributed by atoms with van der Waals surface area (Å²) in [4.78, 5) is 0. The molecule has 2 aromatic rings. The lowest BCUT2D eigenvalue weighted by molar-refractivity contribution is 0.337. The van der Waals surface area contributed by atoms with Crippen LogP contribution in [0.1, 0.15) is 49.9 Å². The molecular formula is C17H23FN4. The number of nitrogens with zero attached hydrogens (tertiary/aromatic N) is 3. The minimum Gasteiger partial charge on any atom is -0.325 e. The highest BCUT2D eigenvalue weighted by molar-refractivity contribution is 5.34. The average molecular weight is 302 g/mol. The molecule has 4 nitrogen and oxygen atoms in total. The van der Waals surface area contributed by atoms with Crippen molar-refractivity contribution in [3.05, 3.63) is 41.5 Å². The van der Waals surface area contributed by atoms with Gasteiger partial charge in [0.1, 0.15) is 5.82 Å². The second-order valence-electron chi connectivity index (χ2n) is 6.12. The molecule has 1 heterocycles. The maximum absolute atomic E-state index is 13.5. The van der Waals surface area contributed by atoms with E-state index in [9.17, 15) is 4.39 Å². The molecule has 1 aliphatic rings. The van der Waals surface area contributed by atoms with Crippen LogP contribution in [0, 0.1) is 11.7 Å². The summed E-state index contributed by atoms with van der Waals surface area (Å²) < 4.78 is 15.2. The normalized spacial score (nSPS) is 16.1. The fourth-order valence-electron chi connectivity index (χ4n) is 3.37. The first kappa shape index (κ1) is 15.2. The Kier molecular flexibility index (Phi) is 4.83. The van der Waals surface area contributed by atoms with Crippen LogP contribution in [0.3, 0.4) is 0 Å².